The number of ether oxygens (including phenoxy) is 2. The highest BCUT2D eigenvalue weighted by Crippen LogP contribution is 2.39. The summed E-state index contributed by atoms with van der Waals surface area (Å²) in [5.41, 5.74) is 3.15. The molecule has 6 heteroatoms. The van der Waals surface area contributed by atoms with E-state index in [9.17, 15) is 5.26 Å². The Hall–Kier alpha value is -3.85. The molecule has 172 valence electrons. The van der Waals surface area contributed by atoms with Crippen LogP contribution in [-0.2, 0) is 6.61 Å². The Kier molecular flexibility index (Phi) is 6.67. The summed E-state index contributed by atoms with van der Waals surface area (Å²) >= 11 is 8.15. The van der Waals surface area contributed by atoms with Crippen LogP contribution in [0.15, 0.2) is 78.9 Å². The minimum atomic E-state index is 0.353. The number of hydrogen-bond donors (Lipinski definition) is 0. The summed E-state index contributed by atoms with van der Waals surface area (Å²) in [5.74, 6) is 1.02. The molecule has 0 spiro atoms. The third-order valence-corrected chi connectivity index (χ3v) is 6.89. The molecule has 0 fully saturated rings. The van der Waals surface area contributed by atoms with Crippen LogP contribution < -0.4 is 9.47 Å². The lowest BCUT2D eigenvalue weighted by atomic mass is 10.1. The van der Waals surface area contributed by atoms with Gasteiger partial charge in [0.25, 0.3) is 0 Å². The topological polar surface area (TPSA) is 55.1 Å². The number of para-hydroxylation sites is 1. The number of benzene rings is 4. The van der Waals surface area contributed by atoms with Gasteiger partial charge in [-0.1, -0.05) is 66.2 Å². The molecule has 0 radical (unpaired) electrons. The van der Waals surface area contributed by atoms with Crippen molar-refractivity contribution in [2.24, 2.45) is 0 Å². The Morgan fingerprint density at radius 1 is 1.03 bits per heavy atom. The van der Waals surface area contributed by atoms with E-state index < -0.39 is 0 Å². The molecule has 0 bridgehead atoms. The number of rotatable bonds is 7. The van der Waals surface area contributed by atoms with Crippen molar-refractivity contribution < 1.29 is 9.47 Å². The van der Waals surface area contributed by atoms with Crippen LogP contribution in [0.1, 0.15) is 23.1 Å². The van der Waals surface area contributed by atoms with Crippen molar-refractivity contribution in [1.82, 2.24) is 4.98 Å². The SMILES string of the molecule is CCOc1cc(/C=C(\C#N)c2nc3ccccc3s2)cc(Cl)c1OCc1cccc2ccccc12. The van der Waals surface area contributed by atoms with Crippen molar-refractivity contribution in [1.29, 1.82) is 5.26 Å². The van der Waals surface area contributed by atoms with Gasteiger partial charge in [-0.05, 0) is 59.2 Å². The monoisotopic (exact) mass is 496 g/mol. The summed E-state index contributed by atoms with van der Waals surface area (Å²) in [7, 11) is 0. The standard InChI is InChI=1S/C29H21ClN2O2S/c1-2-33-26-16-19(14-22(17-31)29-32-25-12-5-6-13-27(25)35-29)15-24(30)28(26)34-18-21-10-7-9-20-8-3-4-11-23(20)21/h3-16H,2,18H2,1H3/b22-14+. The molecule has 0 N–H and O–H groups in total. The van der Waals surface area contributed by atoms with Crippen molar-refractivity contribution in [3.63, 3.8) is 0 Å². The highest BCUT2D eigenvalue weighted by molar-refractivity contribution is 7.19. The summed E-state index contributed by atoms with van der Waals surface area (Å²) in [6, 6.07) is 28.1. The molecule has 0 atom stereocenters. The maximum atomic E-state index is 9.82. The summed E-state index contributed by atoms with van der Waals surface area (Å²) < 4.78 is 13.1. The van der Waals surface area contributed by atoms with Crippen molar-refractivity contribution in [2.75, 3.05) is 6.61 Å². The number of allylic oxidation sites excluding steroid dienone is 1. The number of fused-ring (bicyclic) bond motifs is 2. The first kappa shape index (κ1) is 22.9. The lowest BCUT2D eigenvalue weighted by Crippen LogP contribution is -2.01. The molecule has 0 aliphatic carbocycles. The first-order chi connectivity index (χ1) is 17.2. The molecule has 4 nitrogen and oxygen atoms in total. The zero-order valence-corrected chi connectivity index (χ0v) is 20.6. The van der Waals surface area contributed by atoms with Crippen LogP contribution in [0.3, 0.4) is 0 Å². The van der Waals surface area contributed by atoms with Gasteiger partial charge in [0.1, 0.15) is 17.7 Å². The predicted molar refractivity (Wildman–Crippen MR) is 144 cm³/mol. The Labute approximate surface area is 212 Å². The fourth-order valence-corrected chi connectivity index (χ4v) is 5.14. The molecule has 0 unspecified atom stereocenters. The molecule has 0 aliphatic rings. The van der Waals surface area contributed by atoms with E-state index in [1.54, 1.807) is 12.1 Å². The lowest BCUT2D eigenvalue weighted by Gasteiger charge is -2.15. The Morgan fingerprint density at radius 2 is 1.83 bits per heavy atom. The molecule has 0 aliphatic heterocycles. The van der Waals surface area contributed by atoms with Crippen LogP contribution in [0.2, 0.25) is 5.02 Å². The molecule has 4 aromatic carbocycles. The maximum absolute atomic E-state index is 9.82. The van der Waals surface area contributed by atoms with Gasteiger partial charge < -0.3 is 9.47 Å². The van der Waals surface area contributed by atoms with Crippen LogP contribution in [0, 0.1) is 11.3 Å². The average molecular weight is 497 g/mol. The smallest absolute Gasteiger partial charge is 0.180 e. The molecule has 0 saturated heterocycles. The van der Waals surface area contributed by atoms with E-state index in [1.165, 1.54) is 11.3 Å². The van der Waals surface area contributed by atoms with E-state index in [4.69, 9.17) is 21.1 Å². The van der Waals surface area contributed by atoms with Crippen LogP contribution >= 0.6 is 22.9 Å². The number of halogens is 1. The molecule has 35 heavy (non-hydrogen) atoms. The van der Waals surface area contributed by atoms with Gasteiger partial charge in [0.2, 0.25) is 0 Å². The Bertz CT molecular complexity index is 1560. The predicted octanol–water partition coefficient (Wildman–Crippen LogP) is 8.14. The van der Waals surface area contributed by atoms with Gasteiger partial charge in [-0.15, -0.1) is 11.3 Å². The fraction of sp³-hybridized carbons (Fsp3) is 0.103. The van der Waals surface area contributed by atoms with Crippen molar-refractivity contribution in [3.05, 3.63) is 100 Å². The minimum Gasteiger partial charge on any atom is -0.490 e. The second-order valence-corrected chi connectivity index (χ2v) is 9.28. The summed E-state index contributed by atoms with van der Waals surface area (Å²) in [5, 5.41) is 13.2. The average Bonchev–Trinajstić information content (AvgIpc) is 3.31. The van der Waals surface area contributed by atoms with E-state index in [1.807, 2.05) is 61.5 Å². The van der Waals surface area contributed by atoms with Crippen molar-refractivity contribution in [2.45, 2.75) is 13.5 Å². The number of nitrogens with zero attached hydrogens (tertiary/aromatic N) is 2. The molecule has 1 heterocycles. The molecule has 0 saturated carbocycles. The number of thiazole rings is 1. The number of hydrogen-bond acceptors (Lipinski definition) is 5. The normalized spacial score (nSPS) is 11.5. The molecule has 5 rings (SSSR count). The third kappa shape index (κ3) is 4.85. The van der Waals surface area contributed by atoms with Gasteiger partial charge in [-0.2, -0.15) is 5.26 Å². The second-order valence-electron chi connectivity index (χ2n) is 7.85. The first-order valence-corrected chi connectivity index (χ1v) is 12.4. The Balaban J connectivity index is 1.47. The van der Waals surface area contributed by atoms with Crippen LogP contribution in [0.4, 0.5) is 0 Å². The highest BCUT2D eigenvalue weighted by Gasteiger charge is 2.15. The second kappa shape index (κ2) is 10.2. The van der Waals surface area contributed by atoms with Crippen molar-refractivity contribution in [3.8, 4) is 17.6 Å². The molecule has 1 aromatic heterocycles. The highest BCUT2D eigenvalue weighted by atomic mass is 35.5. The lowest BCUT2D eigenvalue weighted by molar-refractivity contribution is 0.270. The van der Waals surface area contributed by atoms with Gasteiger partial charge in [0, 0.05) is 0 Å². The van der Waals surface area contributed by atoms with Gasteiger partial charge in [-0.3, -0.25) is 0 Å². The summed E-state index contributed by atoms with van der Waals surface area (Å²) in [6.45, 7) is 2.72. The van der Waals surface area contributed by atoms with E-state index in [0.717, 1.165) is 32.1 Å². The minimum absolute atomic E-state index is 0.353. The number of aromatic nitrogens is 1. The molecular formula is C29H21ClN2O2S. The molecule has 5 aromatic rings. The van der Waals surface area contributed by atoms with Crippen molar-refractivity contribution >= 4 is 55.6 Å². The van der Waals surface area contributed by atoms with E-state index in [-0.39, 0.29) is 0 Å². The fourth-order valence-electron chi connectivity index (χ4n) is 3.94. The number of nitriles is 1. The van der Waals surface area contributed by atoms with Gasteiger partial charge >= 0.3 is 0 Å². The molecule has 0 amide bonds. The Morgan fingerprint density at radius 3 is 2.66 bits per heavy atom. The van der Waals surface area contributed by atoms with E-state index in [2.05, 4.69) is 29.3 Å². The van der Waals surface area contributed by atoms with E-state index >= 15 is 0 Å². The quantitative estimate of drug-likeness (QED) is 0.213. The van der Waals surface area contributed by atoms with E-state index in [0.29, 0.717) is 40.3 Å². The van der Waals surface area contributed by atoms with Crippen LogP contribution in [0.5, 0.6) is 11.5 Å². The third-order valence-electron chi connectivity index (χ3n) is 5.54. The van der Waals surface area contributed by atoms with Crippen LogP contribution in [0.25, 0.3) is 32.6 Å². The zero-order valence-electron chi connectivity index (χ0n) is 19.0. The largest absolute Gasteiger partial charge is 0.490 e. The molecular weight excluding hydrogens is 476 g/mol. The van der Waals surface area contributed by atoms with Crippen LogP contribution in [-0.4, -0.2) is 11.6 Å². The summed E-state index contributed by atoms with van der Waals surface area (Å²) in [6.07, 6.45) is 1.78. The zero-order chi connectivity index (χ0) is 24.2. The maximum Gasteiger partial charge on any atom is 0.180 e. The van der Waals surface area contributed by atoms with Gasteiger partial charge in [-0.25, -0.2) is 4.98 Å². The first-order valence-electron chi connectivity index (χ1n) is 11.2. The van der Waals surface area contributed by atoms with Gasteiger partial charge in [0.05, 0.1) is 27.4 Å². The summed E-state index contributed by atoms with van der Waals surface area (Å²) in [4.78, 5) is 4.61. The van der Waals surface area contributed by atoms with Gasteiger partial charge in [0.15, 0.2) is 11.5 Å².